The average Bonchev–Trinajstić information content (AvgIpc) is 2.91. The van der Waals surface area contributed by atoms with Crippen molar-refractivity contribution in [2.75, 3.05) is 0 Å². The summed E-state index contributed by atoms with van der Waals surface area (Å²) < 4.78 is 0. The number of hydrogen-bond donors (Lipinski definition) is 0. The van der Waals surface area contributed by atoms with Crippen LogP contribution in [0.15, 0.2) is 28.9 Å². The first kappa shape index (κ1) is 38.8. The summed E-state index contributed by atoms with van der Waals surface area (Å²) in [5.74, 6) is 2.04. The van der Waals surface area contributed by atoms with Crippen LogP contribution in [0.1, 0.15) is 82.9 Å². The number of aryl methyl sites for hydroxylation is 2. The van der Waals surface area contributed by atoms with Gasteiger partial charge in [-0.25, -0.2) is 17.2 Å². The van der Waals surface area contributed by atoms with Crippen LogP contribution in [0.25, 0.3) is 0 Å². The van der Waals surface area contributed by atoms with E-state index >= 15 is 0 Å². The summed E-state index contributed by atoms with van der Waals surface area (Å²) in [6.45, 7) is 15.5. The van der Waals surface area contributed by atoms with Crippen molar-refractivity contribution in [3.8, 4) is 0 Å². The van der Waals surface area contributed by atoms with E-state index in [9.17, 15) is 0 Å². The summed E-state index contributed by atoms with van der Waals surface area (Å²) in [5, 5.41) is 0. The van der Waals surface area contributed by atoms with Gasteiger partial charge in [-0.15, -0.1) is 18.3 Å². The third kappa shape index (κ3) is 19.1. The molecule has 0 saturated heterocycles. The molecule has 0 atom stereocenters. The van der Waals surface area contributed by atoms with Crippen molar-refractivity contribution >= 4 is 11.3 Å². The van der Waals surface area contributed by atoms with Gasteiger partial charge in [-0.05, 0) is 37.8 Å². The summed E-state index contributed by atoms with van der Waals surface area (Å²) in [5.41, 5.74) is 4.25. The summed E-state index contributed by atoms with van der Waals surface area (Å²) in [4.78, 5) is 2.80. The Morgan fingerprint density at radius 3 is 1.36 bits per heavy atom. The third-order valence-corrected chi connectivity index (χ3v) is 6.01. The molecule has 1 aromatic heterocycles. The van der Waals surface area contributed by atoms with Gasteiger partial charge in [0, 0.05) is 141 Å². The SMILES string of the molecule is CC1=[C-]C(C)=C(C)CC1.CC1CCC(C)CC1.Cc1ccc(C)s1.[Y].[Y].[Y].[Y]. The molecule has 0 unspecified atom stereocenters. The fourth-order valence-corrected chi connectivity index (χ4v) is 3.82. The molecule has 4 radical (unpaired) electrons. The zero-order chi connectivity index (χ0) is 18.1. The van der Waals surface area contributed by atoms with E-state index in [2.05, 4.69) is 66.7 Å². The summed E-state index contributed by atoms with van der Waals surface area (Å²) >= 11 is 1.84. The molecular weight excluding hydrogens is 664 g/mol. The molecule has 2 aliphatic rings. The zero-order valence-electron chi connectivity index (χ0n) is 19.3. The molecule has 0 aromatic carbocycles. The molecule has 1 fully saturated rings. The van der Waals surface area contributed by atoms with Gasteiger partial charge in [0.2, 0.25) is 0 Å². The number of thiophene rings is 1. The zero-order valence-corrected chi connectivity index (χ0v) is 31.4. The third-order valence-electron chi connectivity index (χ3n) is 5.10. The second-order valence-corrected chi connectivity index (χ2v) is 9.32. The fraction of sp³-hybridized carbons (Fsp3) is 0.652. The van der Waals surface area contributed by atoms with Crippen molar-refractivity contribution in [3.63, 3.8) is 0 Å². The van der Waals surface area contributed by atoms with Crippen LogP contribution in [-0.2, 0) is 131 Å². The van der Waals surface area contributed by atoms with Crippen LogP contribution in [0.4, 0.5) is 0 Å². The maximum Gasteiger partial charge on any atom is 0.00170 e. The van der Waals surface area contributed by atoms with E-state index in [0.29, 0.717) is 0 Å². The van der Waals surface area contributed by atoms with Gasteiger partial charge in [0.25, 0.3) is 0 Å². The molecular formula is C23H37SY4-. The molecule has 1 heterocycles. The van der Waals surface area contributed by atoms with Crippen LogP contribution in [-0.4, -0.2) is 0 Å². The van der Waals surface area contributed by atoms with Crippen LogP contribution < -0.4 is 0 Å². The Hall–Kier alpha value is 3.60. The van der Waals surface area contributed by atoms with Crippen molar-refractivity contribution in [3.05, 3.63) is 44.7 Å². The van der Waals surface area contributed by atoms with Gasteiger partial charge in [0.05, 0.1) is 0 Å². The molecule has 2 aliphatic carbocycles. The molecule has 0 nitrogen and oxygen atoms in total. The Kier molecular flexibility index (Phi) is 31.1. The predicted molar refractivity (Wildman–Crippen MR) is 111 cm³/mol. The second kappa shape index (κ2) is 22.4. The Balaban J connectivity index is -0.000000145. The molecule has 1 saturated carbocycles. The summed E-state index contributed by atoms with van der Waals surface area (Å²) in [6, 6.07) is 4.28. The minimum Gasteiger partial charge on any atom is -0.249 e. The first-order valence-electron chi connectivity index (χ1n) is 9.56. The molecule has 148 valence electrons. The Bertz CT molecular complexity index is 526. The molecule has 1 aromatic rings. The van der Waals surface area contributed by atoms with Crippen molar-refractivity contribution in [1.82, 2.24) is 0 Å². The Morgan fingerprint density at radius 1 is 0.714 bits per heavy atom. The maximum absolute atomic E-state index is 3.33. The summed E-state index contributed by atoms with van der Waals surface area (Å²) in [6.07, 6.45) is 11.7. The minimum absolute atomic E-state index is 0. The largest absolute Gasteiger partial charge is 0.249 e. The second-order valence-electron chi connectivity index (χ2n) is 7.83. The van der Waals surface area contributed by atoms with Crippen LogP contribution >= 0.6 is 11.3 Å². The van der Waals surface area contributed by atoms with Gasteiger partial charge >= 0.3 is 0 Å². The van der Waals surface area contributed by atoms with Gasteiger partial charge in [-0.3, -0.25) is 0 Å². The van der Waals surface area contributed by atoms with Crippen molar-refractivity contribution < 1.29 is 131 Å². The molecule has 0 amide bonds. The van der Waals surface area contributed by atoms with Gasteiger partial charge in [0.1, 0.15) is 0 Å². The molecule has 3 rings (SSSR count). The van der Waals surface area contributed by atoms with E-state index < -0.39 is 0 Å². The first-order valence-corrected chi connectivity index (χ1v) is 10.4. The van der Waals surface area contributed by atoms with E-state index in [1.807, 2.05) is 11.3 Å². The van der Waals surface area contributed by atoms with Crippen molar-refractivity contribution in [1.29, 1.82) is 0 Å². The Morgan fingerprint density at radius 2 is 1.11 bits per heavy atom. The molecule has 0 bridgehead atoms. The monoisotopic (exact) mass is 701 g/mol. The van der Waals surface area contributed by atoms with Crippen LogP contribution in [0.3, 0.4) is 0 Å². The molecule has 28 heavy (non-hydrogen) atoms. The Labute approximate surface area is 280 Å². The molecule has 0 spiro atoms. The van der Waals surface area contributed by atoms with Gasteiger partial charge < -0.3 is 0 Å². The maximum atomic E-state index is 3.33. The van der Waals surface area contributed by atoms with Crippen molar-refractivity contribution in [2.24, 2.45) is 11.8 Å². The average molecular weight is 701 g/mol. The topological polar surface area (TPSA) is 0 Å². The van der Waals surface area contributed by atoms with E-state index in [-0.39, 0.29) is 131 Å². The smallest absolute Gasteiger partial charge is 0.00170 e. The van der Waals surface area contributed by atoms with E-state index in [4.69, 9.17) is 0 Å². The minimum atomic E-state index is 0. The van der Waals surface area contributed by atoms with Crippen LogP contribution in [0.2, 0.25) is 0 Å². The molecule has 5 heteroatoms. The van der Waals surface area contributed by atoms with Gasteiger partial charge in [0.15, 0.2) is 0 Å². The molecule has 0 N–H and O–H groups in total. The van der Waals surface area contributed by atoms with E-state index in [0.717, 1.165) is 11.8 Å². The van der Waals surface area contributed by atoms with Crippen LogP contribution in [0.5, 0.6) is 0 Å². The number of hydrogen-bond acceptors (Lipinski definition) is 1. The standard InChI is InChI=1S/C9H13.C8H16.C6H8S.4Y/c1-7-4-5-8(2)9(3)6-7;1-7-3-5-8(2)6-4-7;1-5-3-4-6(2)7-5;;;;/h4-5H2,1-3H3;7-8H,3-6H2,1-2H3;3-4H,1-2H3;;;;/q-1;;;;;;. The van der Waals surface area contributed by atoms with Crippen molar-refractivity contribution in [2.45, 2.75) is 87.0 Å². The number of rotatable bonds is 0. The first-order chi connectivity index (χ1) is 11.3. The van der Waals surface area contributed by atoms with Crippen LogP contribution in [0, 0.1) is 31.8 Å². The normalized spacial score (nSPS) is 20.2. The van der Waals surface area contributed by atoms with E-state index in [1.165, 1.54) is 65.0 Å². The fourth-order valence-electron chi connectivity index (χ4n) is 3.04. The van der Waals surface area contributed by atoms with Gasteiger partial charge in [-0.2, -0.15) is 5.57 Å². The number of allylic oxidation sites excluding steroid dienone is 4. The molecule has 0 aliphatic heterocycles. The predicted octanol–water partition coefficient (Wildman–Crippen LogP) is 8.05. The van der Waals surface area contributed by atoms with E-state index in [1.54, 1.807) is 0 Å². The quantitative estimate of drug-likeness (QED) is 0.241. The summed E-state index contributed by atoms with van der Waals surface area (Å²) in [7, 11) is 0. The van der Waals surface area contributed by atoms with Gasteiger partial charge in [-0.1, -0.05) is 66.2 Å².